The monoisotopic (exact) mass is 209 g/mol. The minimum atomic E-state index is -0.869. The van der Waals surface area contributed by atoms with E-state index in [1.54, 1.807) is 10.8 Å². The molecule has 1 aromatic rings. The normalized spacial score (nSPS) is 11.8. The van der Waals surface area contributed by atoms with Gasteiger partial charge in [-0.15, -0.1) is 0 Å². The molecule has 0 bridgehead atoms. The second-order valence-corrected chi connectivity index (χ2v) is 3.28. The number of aromatic nitrogens is 3. The quantitative estimate of drug-likeness (QED) is 0.759. The third-order valence-corrected chi connectivity index (χ3v) is 2.13. The highest BCUT2D eigenvalue weighted by molar-refractivity contribution is 5.86. The molecule has 0 aromatic carbocycles. The van der Waals surface area contributed by atoms with Crippen molar-refractivity contribution in [1.82, 2.24) is 14.8 Å². The summed E-state index contributed by atoms with van der Waals surface area (Å²) >= 11 is 0. The highest BCUT2D eigenvalue weighted by Gasteiger charge is 2.05. The van der Waals surface area contributed by atoms with Gasteiger partial charge in [0.25, 0.3) is 0 Å². The van der Waals surface area contributed by atoms with E-state index in [4.69, 9.17) is 5.11 Å². The van der Waals surface area contributed by atoms with Crippen molar-refractivity contribution >= 4 is 5.97 Å². The van der Waals surface area contributed by atoms with E-state index in [0.29, 0.717) is 24.4 Å². The lowest BCUT2D eigenvalue weighted by Crippen LogP contribution is -2.05. The Bertz CT molecular complexity index is 393. The highest BCUT2D eigenvalue weighted by Crippen LogP contribution is 2.03. The molecule has 1 aromatic heterocycles. The lowest BCUT2D eigenvalue weighted by atomic mass is 10.2. The van der Waals surface area contributed by atoms with E-state index >= 15 is 0 Å². The summed E-state index contributed by atoms with van der Waals surface area (Å²) < 4.78 is 1.69. The fourth-order valence-electron chi connectivity index (χ4n) is 1.31. The summed E-state index contributed by atoms with van der Waals surface area (Å²) in [6.45, 7) is 5.94. The van der Waals surface area contributed by atoms with Gasteiger partial charge in [-0.05, 0) is 20.3 Å². The van der Waals surface area contributed by atoms with Gasteiger partial charge in [-0.1, -0.05) is 13.0 Å². The van der Waals surface area contributed by atoms with Crippen LogP contribution in [-0.2, 0) is 11.3 Å². The van der Waals surface area contributed by atoms with Gasteiger partial charge < -0.3 is 5.11 Å². The van der Waals surface area contributed by atoms with Crippen molar-refractivity contribution in [2.75, 3.05) is 0 Å². The van der Waals surface area contributed by atoms with E-state index in [1.807, 2.05) is 20.8 Å². The molecular weight excluding hydrogens is 194 g/mol. The number of aryl methyl sites for hydroxylation is 2. The average Bonchev–Trinajstić information content (AvgIpc) is 2.45. The van der Waals surface area contributed by atoms with Crippen molar-refractivity contribution < 1.29 is 9.90 Å². The van der Waals surface area contributed by atoms with Gasteiger partial charge in [0.05, 0.1) is 6.54 Å². The Morgan fingerprint density at radius 2 is 2.20 bits per heavy atom. The molecule has 0 radical (unpaired) electrons. The van der Waals surface area contributed by atoms with Crippen LogP contribution in [0.25, 0.3) is 0 Å². The van der Waals surface area contributed by atoms with Crippen molar-refractivity contribution in [3.05, 3.63) is 23.3 Å². The van der Waals surface area contributed by atoms with Gasteiger partial charge in [0, 0.05) is 5.57 Å². The van der Waals surface area contributed by atoms with E-state index in [2.05, 4.69) is 10.1 Å². The van der Waals surface area contributed by atoms with E-state index in [9.17, 15) is 4.79 Å². The zero-order valence-electron chi connectivity index (χ0n) is 9.19. The Morgan fingerprint density at radius 1 is 1.53 bits per heavy atom. The lowest BCUT2D eigenvalue weighted by molar-refractivity contribution is -0.132. The first-order chi connectivity index (χ1) is 7.04. The molecule has 0 aliphatic rings. The van der Waals surface area contributed by atoms with Crippen LogP contribution in [-0.4, -0.2) is 25.8 Å². The predicted molar refractivity (Wildman–Crippen MR) is 55.5 cm³/mol. The number of rotatable bonds is 4. The number of carboxylic acids is 1. The van der Waals surface area contributed by atoms with E-state index < -0.39 is 5.97 Å². The molecule has 0 spiro atoms. The standard InChI is InChI=1S/C10H15N3O2/c1-4-9(10(14)15)5-6-13-8(3)11-7(2)12-13/h5H,4,6H2,1-3H3,(H,14,15). The molecule has 0 fully saturated rings. The van der Waals surface area contributed by atoms with Crippen molar-refractivity contribution in [2.45, 2.75) is 33.7 Å². The fourth-order valence-corrected chi connectivity index (χ4v) is 1.31. The average molecular weight is 209 g/mol. The van der Waals surface area contributed by atoms with Crippen molar-refractivity contribution in [2.24, 2.45) is 0 Å². The van der Waals surface area contributed by atoms with Crippen molar-refractivity contribution in [3.8, 4) is 0 Å². The minimum absolute atomic E-state index is 0.405. The van der Waals surface area contributed by atoms with Crippen LogP contribution in [0.3, 0.4) is 0 Å². The summed E-state index contributed by atoms with van der Waals surface area (Å²) in [5, 5.41) is 13.0. The van der Waals surface area contributed by atoms with Gasteiger partial charge in [-0.25, -0.2) is 14.5 Å². The molecule has 1 rings (SSSR count). The molecule has 0 aliphatic heterocycles. The maximum absolute atomic E-state index is 10.7. The molecule has 5 heteroatoms. The number of carbonyl (C=O) groups is 1. The van der Waals surface area contributed by atoms with Crippen molar-refractivity contribution in [1.29, 1.82) is 0 Å². The Kier molecular flexibility index (Phi) is 3.60. The number of hydrogen-bond acceptors (Lipinski definition) is 3. The van der Waals surface area contributed by atoms with Crippen LogP contribution < -0.4 is 0 Å². The number of allylic oxidation sites excluding steroid dienone is 1. The molecule has 0 saturated heterocycles. The van der Waals surface area contributed by atoms with Crippen LogP contribution >= 0.6 is 0 Å². The maximum atomic E-state index is 10.7. The Labute approximate surface area is 88.4 Å². The molecule has 82 valence electrons. The molecule has 0 unspecified atom stereocenters. The summed E-state index contributed by atoms with van der Waals surface area (Å²) in [5.41, 5.74) is 0.405. The highest BCUT2D eigenvalue weighted by atomic mass is 16.4. The zero-order valence-corrected chi connectivity index (χ0v) is 9.19. The molecule has 0 atom stereocenters. The molecule has 1 N–H and O–H groups in total. The van der Waals surface area contributed by atoms with Gasteiger partial charge in [0.2, 0.25) is 0 Å². The minimum Gasteiger partial charge on any atom is -0.478 e. The van der Waals surface area contributed by atoms with Gasteiger partial charge in [-0.3, -0.25) is 0 Å². The molecule has 0 aliphatic carbocycles. The first-order valence-corrected chi connectivity index (χ1v) is 4.85. The summed E-state index contributed by atoms with van der Waals surface area (Å²) in [5.74, 6) is 0.630. The lowest BCUT2D eigenvalue weighted by Gasteiger charge is -2.00. The second kappa shape index (κ2) is 4.72. The number of nitrogens with zero attached hydrogens (tertiary/aromatic N) is 3. The van der Waals surface area contributed by atoms with Crippen LogP contribution in [0.1, 0.15) is 25.0 Å². The Morgan fingerprint density at radius 3 is 2.60 bits per heavy atom. The topological polar surface area (TPSA) is 68.0 Å². The first-order valence-electron chi connectivity index (χ1n) is 4.85. The SMILES string of the molecule is CCC(=CCn1nc(C)nc1C)C(=O)O. The van der Waals surface area contributed by atoms with E-state index in [1.165, 1.54) is 0 Å². The van der Waals surface area contributed by atoms with Gasteiger partial charge >= 0.3 is 5.97 Å². The largest absolute Gasteiger partial charge is 0.478 e. The van der Waals surface area contributed by atoms with Crippen LogP contribution in [0.15, 0.2) is 11.6 Å². The van der Waals surface area contributed by atoms with E-state index in [-0.39, 0.29) is 0 Å². The Hall–Kier alpha value is -1.65. The number of hydrogen-bond donors (Lipinski definition) is 1. The molecule has 15 heavy (non-hydrogen) atoms. The molecular formula is C10H15N3O2. The van der Waals surface area contributed by atoms with Crippen LogP contribution in [0.5, 0.6) is 0 Å². The molecule has 0 amide bonds. The smallest absolute Gasteiger partial charge is 0.331 e. The Balaban J connectivity index is 2.78. The van der Waals surface area contributed by atoms with E-state index in [0.717, 1.165) is 5.82 Å². The maximum Gasteiger partial charge on any atom is 0.331 e. The fraction of sp³-hybridized carbons (Fsp3) is 0.500. The van der Waals surface area contributed by atoms with Crippen LogP contribution in [0, 0.1) is 13.8 Å². The summed E-state index contributed by atoms with van der Waals surface area (Å²) in [6, 6.07) is 0. The molecule has 5 nitrogen and oxygen atoms in total. The third-order valence-electron chi connectivity index (χ3n) is 2.13. The van der Waals surface area contributed by atoms with Crippen molar-refractivity contribution in [3.63, 3.8) is 0 Å². The summed E-state index contributed by atoms with van der Waals surface area (Å²) in [4.78, 5) is 14.9. The second-order valence-electron chi connectivity index (χ2n) is 3.28. The van der Waals surface area contributed by atoms with Gasteiger partial charge in [0.15, 0.2) is 0 Å². The number of carboxylic acid groups (broad SMARTS) is 1. The molecule has 1 heterocycles. The first kappa shape index (κ1) is 11.4. The van der Waals surface area contributed by atoms with Gasteiger partial charge in [0.1, 0.15) is 11.6 Å². The molecule has 0 saturated carbocycles. The van der Waals surface area contributed by atoms with Crippen LogP contribution in [0.4, 0.5) is 0 Å². The predicted octanol–water partition coefficient (Wildman–Crippen LogP) is 1.32. The summed E-state index contributed by atoms with van der Waals surface area (Å²) in [7, 11) is 0. The third kappa shape index (κ3) is 2.90. The number of aliphatic carboxylic acids is 1. The van der Waals surface area contributed by atoms with Crippen LogP contribution in [0.2, 0.25) is 0 Å². The summed E-state index contributed by atoms with van der Waals surface area (Å²) in [6.07, 6.45) is 2.19. The zero-order chi connectivity index (χ0) is 11.4. The van der Waals surface area contributed by atoms with Gasteiger partial charge in [-0.2, -0.15) is 5.10 Å².